The molecule has 1 rings (SSSR count). The van der Waals surface area contributed by atoms with E-state index < -0.39 is 0 Å². The minimum absolute atomic E-state index is 0.0247. The van der Waals surface area contributed by atoms with Gasteiger partial charge in [-0.15, -0.1) is 0 Å². The zero-order valence-electron chi connectivity index (χ0n) is 11.4. The molecule has 6 nitrogen and oxygen atoms in total. The highest BCUT2D eigenvalue weighted by Gasteiger charge is 2.11. The summed E-state index contributed by atoms with van der Waals surface area (Å²) < 4.78 is 14.7. The smallest absolute Gasteiger partial charge is 0.306 e. The zero-order chi connectivity index (χ0) is 14.3. The van der Waals surface area contributed by atoms with E-state index in [1.54, 1.807) is 12.1 Å². The molecule has 19 heavy (non-hydrogen) atoms. The van der Waals surface area contributed by atoms with Crippen molar-refractivity contribution in [1.82, 2.24) is 5.32 Å². The van der Waals surface area contributed by atoms with E-state index in [-0.39, 0.29) is 11.7 Å². The molecule has 0 aliphatic carbocycles. The Hall–Kier alpha value is -1.95. The third-order valence-electron chi connectivity index (χ3n) is 2.60. The molecule has 0 amide bonds. The van der Waals surface area contributed by atoms with Crippen LogP contribution in [-0.2, 0) is 16.1 Å². The van der Waals surface area contributed by atoms with E-state index in [4.69, 9.17) is 9.47 Å². The summed E-state index contributed by atoms with van der Waals surface area (Å²) in [7, 11) is 4.31. The first-order chi connectivity index (χ1) is 9.12. The van der Waals surface area contributed by atoms with Gasteiger partial charge in [-0.1, -0.05) is 0 Å². The fraction of sp³-hybridized carbons (Fsp3) is 0.462. The lowest BCUT2D eigenvalue weighted by atomic mass is 10.2. The lowest BCUT2D eigenvalue weighted by Crippen LogP contribution is -2.18. The molecule has 0 atom stereocenters. The van der Waals surface area contributed by atoms with Crippen LogP contribution in [-0.4, -0.2) is 38.9 Å². The predicted molar refractivity (Wildman–Crippen MR) is 69.6 cm³/mol. The average molecular weight is 269 g/mol. The van der Waals surface area contributed by atoms with Gasteiger partial charge in [0.15, 0.2) is 11.5 Å². The van der Waals surface area contributed by atoms with Crippen molar-refractivity contribution in [2.45, 2.75) is 13.0 Å². The zero-order valence-corrected chi connectivity index (χ0v) is 11.4. The standard InChI is InChI=1S/C13H19NO5/c1-17-10-6-9(7-11(18-2)13(10)16)8-14-5-4-12(15)19-3/h6-7,14,16H,4-5,8H2,1-3H3. The Morgan fingerprint density at radius 1 is 1.21 bits per heavy atom. The highest BCUT2D eigenvalue weighted by Crippen LogP contribution is 2.36. The molecule has 0 aliphatic rings. The van der Waals surface area contributed by atoms with Gasteiger partial charge in [0.25, 0.3) is 0 Å². The van der Waals surface area contributed by atoms with E-state index in [2.05, 4.69) is 10.1 Å². The van der Waals surface area contributed by atoms with Crippen LogP contribution in [0.25, 0.3) is 0 Å². The van der Waals surface area contributed by atoms with Crippen LogP contribution in [0.4, 0.5) is 0 Å². The molecule has 0 spiro atoms. The summed E-state index contributed by atoms with van der Waals surface area (Å²) in [5, 5.41) is 12.9. The van der Waals surface area contributed by atoms with Crippen molar-refractivity contribution < 1.29 is 24.1 Å². The number of nitrogens with one attached hydrogen (secondary N) is 1. The van der Waals surface area contributed by atoms with Crippen LogP contribution in [0.1, 0.15) is 12.0 Å². The highest BCUT2D eigenvalue weighted by atomic mass is 16.5. The summed E-state index contributed by atoms with van der Waals surface area (Å²) in [6.07, 6.45) is 0.308. The fourth-order valence-corrected chi connectivity index (χ4v) is 1.58. The number of carbonyl (C=O) groups excluding carboxylic acids is 1. The van der Waals surface area contributed by atoms with Gasteiger partial charge in [-0.05, 0) is 17.7 Å². The summed E-state index contributed by atoms with van der Waals surface area (Å²) in [6, 6.07) is 3.42. The number of esters is 1. The van der Waals surface area contributed by atoms with Gasteiger partial charge < -0.3 is 24.6 Å². The van der Waals surface area contributed by atoms with Gasteiger partial charge in [-0.2, -0.15) is 0 Å². The Morgan fingerprint density at radius 2 is 1.79 bits per heavy atom. The largest absolute Gasteiger partial charge is 0.502 e. The molecule has 2 N–H and O–H groups in total. The lowest BCUT2D eigenvalue weighted by Gasteiger charge is -2.11. The van der Waals surface area contributed by atoms with Crippen molar-refractivity contribution in [3.05, 3.63) is 17.7 Å². The van der Waals surface area contributed by atoms with Crippen LogP contribution in [0.15, 0.2) is 12.1 Å². The van der Waals surface area contributed by atoms with E-state index in [1.807, 2.05) is 0 Å². The average Bonchev–Trinajstić information content (AvgIpc) is 2.44. The highest BCUT2D eigenvalue weighted by molar-refractivity contribution is 5.69. The van der Waals surface area contributed by atoms with Gasteiger partial charge in [0, 0.05) is 13.1 Å². The minimum atomic E-state index is -0.256. The van der Waals surface area contributed by atoms with Crippen molar-refractivity contribution >= 4 is 5.97 Å². The molecule has 0 aromatic heterocycles. The molecular formula is C13H19NO5. The van der Waals surface area contributed by atoms with Crippen molar-refractivity contribution in [1.29, 1.82) is 0 Å². The van der Waals surface area contributed by atoms with Crippen LogP contribution in [0.5, 0.6) is 17.2 Å². The molecule has 0 heterocycles. The van der Waals surface area contributed by atoms with Gasteiger partial charge in [-0.25, -0.2) is 0 Å². The Labute approximate surface area is 112 Å². The molecule has 0 saturated heterocycles. The third kappa shape index (κ3) is 4.33. The monoisotopic (exact) mass is 269 g/mol. The molecule has 106 valence electrons. The number of rotatable bonds is 7. The number of hydrogen-bond acceptors (Lipinski definition) is 6. The van der Waals surface area contributed by atoms with Gasteiger partial charge in [0.05, 0.1) is 27.8 Å². The van der Waals surface area contributed by atoms with Gasteiger partial charge in [-0.3, -0.25) is 4.79 Å². The molecule has 0 aliphatic heterocycles. The van der Waals surface area contributed by atoms with Gasteiger partial charge in [0.1, 0.15) is 0 Å². The Balaban J connectivity index is 2.61. The Kier molecular flexibility index (Phi) is 5.95. The molecule has 0 radical (unpaired) electrons. The van der Waals surface area contributed by atoms with E-state index in [9.17, 15) is 9.90 Å². The topological polar surface area (TPSA) is 77.0 Å². The summed E-state index contributed by atoms with van der Waals surface area (Å²) >= 11 is 0. The van der Waals surface area contributed by atoms with Crippen LogP contribution < -0.4 is 14.8 Å². The van der Waals surface area contributed by atoms with Crippen molar-refractivity contribution in [3.8, 4) is 17.2 Å². The molecule has 0 bridgehead atoms. The number of methoxy groups -OCH3 is 3. The van der Waals surface area contributed by atoms with Gasteiger partial charge in [0.2, 0.25) is 5.75 Å². The van der Waals surface area contributed by atoms with E-state index in [1.165, 1.54) is 21.3 Å². The van der Waals surface area contributed by atoms with Crippen molar-refractivity contribution in [3.63, 3.8) is 0 Å². The first-order valence-electron chi connectivity index (χ1n) is 5.83. The summed E-state index contributed by atoms with van der Waals surface area (Å²) in [5.41, 5.74) is 0.886. The maximum atomic E-state index is 10.9. The minimum Gasteiger partial charge on any atom is -0.502 e. The molecular weight excluding hydrogens is 250 g/mol. The van der Waals surface area contributed by atoms with Crippen LogP contribution in [0.2, 0.25) is 0 Å². The van der Waals surface area contributed by atoms with Crippen LogP contribution in [0.3, 0.4) is 0 Å². The maximum Gasteiger partial charge on any atom is 0.306 e. The lowest BCUT2D eigenvalue weighted by molar-refractivity contribution is -0.140. The Morgan fingerprint density at radius 3 is 2.26 bits per heavy atom. The summed E-state index contributed by atoms with van der Waals surface area (Å²) in [5.74, 6) is 0.421. The van der Waals surface area contributed by atoms with Crippen molar-refractivity contribution in [2.24, 2.45) is 0 Å². The van der Waals surface area contributed by atoms with Gasteiger partial charge >= 0.3 is 5.97 Å². The number of hydrogen-bond donors (Lipinski definition) is 2. The fourth-order valence-electron chi connectivity index (χ4n) is 1.58. The molecule has 0 unspecified atom stereocenters. The van der Waals surface area contributed by atoms with E-state index in [0.717, 1.165) is 5.56 Å². The van der Waals surface area contributed by atoms with Crippen molar-refractivity contribution in [2.75, 3.05) is 27.9 Å². The first-order valence-corrected chi connectivity index (χ1v) is 5.83. The summed E-state index contributed by atoms with van der Waals surface area (Å²) in [6.45, 7) is 1.04. The second kappa shape index (κ2) is 7.48. The number of phenols is 1. The molecule has 0 saturated carbocycles. The van der Waals surface area contributed by atoms with E-state index in [0.29, 0.717) is 31.0 Å². The van der Waals surface area contributed by atoms with Crippen LogP contribution in [0, 0.1) is 0 Å². The second-order valence-corrected chi connectivity index (χ2v) is 3.85. The van der Waals surface area contributed by atoms with E-state index >= 15 is 0 Å². The SMILES string of the molecule is COC(=O)CCNCc1cc(OC)c(O)c(OC)c1. The maximum absolute atomic E-state index is 10.9. The normalized spacial score (nSPS) is 10.1. The number of carbonyl (C=O) groups is 1. The molecule has 0 fully saturated rings. The van der Waals surface area contributed by atoms with Crippen LogP contribution >= 0.6 is 0 Å². The number of ether oxygens (including phenoxy) is 3. The number of aromatic hydroxyl groups is 1. The quantitative estimate of drug-likeness (QED) is 0.569. The third-order valence-corrected chi connectivity index (χ3v) is 2.60. The summed E-state index contributed by atoms with van der Waals surface area (Å²) in [4.78, 5) is 10.9. The first kappa shape index (κ1) is 15.1. The molecule has 6 heteroatoms. The predicted octanol–water partition coefficient (Wildman–Crippen LogP) is 1.06. The second-order valence-electron chi connectivity index (χ2n) is 3.85. The Bertz CT molecular complexity index is 408. The molecule has 1 aromatic carbocycles. The number of benzene rings is 1. The molecule has 1 aromatic rings. The number of phenolic OH excluding ortho intramolecular Hbond substituents is 1.